The highest BCUT2D eigenvalue weighted by atomic mass is 79.9. The van der Waals surface area contributed by atoms with Crippen LogP contribution in [0.3, 0.4) is 0 Å². The fourth-order valence-electron chi connectivity index (χ4n) is 1.50. The number of aliphatic hydroxyl groups is 1. The Hall–Kier alpha value is -0.810. The molecule has 0 atom stereocenters. The Morgan fingerprint density at radius 3 is 3.00 bits per heavy atom. The molecule has 1 aromatic carbocycles. The molecule has 0 radical (unpaired) electrons. The van der Waals surface area contributed by atoms with Gasteiger partial charge in [0.2, 0.25) is 12.5 Å². The molecule has 5 heteroatoms. The number of fused-ring (bicyclic) bond motifs is 1. The molecule has 2 rings (SSSR count). The zero-order valence-corrected chi connectivity index (χ0v) is 9.51. The minimum Gasteiger partial charge on any atom is -0.453 e. The Labute approximate surface area is 94.9 Å². The molecule has 0 unspecified atom stereocenters. The fraction of sp³-hybridized carbons (Fsp3) is 0.400. The average molecular weight is 277 g/mol. The molecule has 0 aliphatic carbocycles. The van der Waals surface area contributed by atoms with Crippen molar-refractivity contribution in [1.82, 2.24) is 0 Å². The summed E-state index contributed by atoms with van der Waals surface area (Å²) in [5.41, 5.74) is 0.522. The van der Waals surface area contributed by atoms with E-state index in [0.717, 1.165) is 0 Å². The van der Waals surface area contributed by atoms with Gasteiger partial charge in [0.15, 0.2) is 11.6 Å². The van der Waals surface area contributed by atoms with Gasteiger partial charge >= 0.3 is 0 Å². The Bertz CT molecular complexity index is 381. The third kappa shape index (κ3) is 1.94. The summed E-state index contributed by atoms with van der Waals surface area (Å²) in [7, 11) is 0. The summed E-state index contributed by atoms with van der Waals surface area (Å²) in [4.78, 5) is 0. The zero-order chi connectivity index (χ0) is 10.8. The van der Waals surface area contributed by atoms with Gasteiger partial charge in [0, 0.05) is 16.6 Å². The number of rotatable bonds is 3. The first kappa shape index (κ1) is 10.7. The lowest BCUT2D eigenvalue weighted by molar-refractivity contribution is 0.170. The first-order valence-electron chi connectivity index (χ1n) is 4.61. The van der Waals surface area contributed by atoms with Gasteiger partial charge in [-0.05, 0) is 18.9 Å². The molecule has 1 aromatic rings. The number of hydrogen-bond acceptors (Lipinski definition) is 3. The predicted octanol–water partition coefficient (Wildman–Crippen LogP) is 2.24. The van der Waals surface area contributed by atoms with Crippen LogP contribution in [-0.4, -0.2) is 18.5 Å². The Morgan fingerprint density at radius 2 is 2.27 bits per heavy atom. The lowest BCUT2D eigenvalue weighted by atomic mass is 10.1. The first-order valence-corrected chi connectivity index (χ1v) is 5.40. The molecule has 1 heterocycles. The van der Waals surface area contributed by atoms with Crippen molar-refractivity contribution in [3.63, 3.8) is 0 Å². The maximum Gasteiger partial charge on any atom is 0.231 e. The van der Waals surface area contributed by atoms with E-state index in [1.807, 2.05) is 0 Å². The number of benzene rings is 1. The van der Waals surface area contributed by atoms with E-state index in [2.05, 4.69) is 15.9 Å². The van der Waals surface area contributed by atoms with Crippen molar-refractivity contribution >= 4 is 15.9 Å². The maximum absolute atomic E-state index is 13.8. The number of hydrogen-bond donors (Lipinski definition) is 1. The van der Waals surface area contributed by atoms with Crippen LogP contribution >= 0.6 is 15.9 Å². The summed E-state index contributed by atoms with van der Waals surface area (Å²) in [5.74, 6) is 0.198. The van der Waals surface area contributed by atoms with Crippen molar-refractivity contribution < 1.29 is 19.0 Å². The SMILES string of the molecule is OCCCc1c(Br)cc2c(c1F)OCO2. The van der Waals surface area contributed by atoms with Gasteiger partial charge in [-0.2, -0.15) is 0 Å². The van der Waals surface area contributed by atoms with E-state index in [-0.39, 0.29) is 19.1 Å². The molecule has 0 bridgehead atoms. The van der Waals surface area contributed by atoms with Crippen LogP contribution in [-0.2, 0) is 6.42 Å². The largest absolute Gasteiger partial charge is 0.453 e. The van der Waals surface area contributed by atoms with Crippen LogP contribution in [0.15, 0.2) is 10.5 Å². The zero-order valence-electron chi connectivity index (χ0n) is 7.93. The van der Waals surface area contributed by atoms with Gasteiger partial charge in [0.1, 0.15) is 0 Å². The Kier molecular flexibility index (Phi) is 3.11. The van der Waals surface area contributed by atoms with Crippen LogP contribution < -0.4 is 9.47 Å². The van der Waals surface area contributed by atoms with Crippen molar-refractivity contribution in [3.05, 3.63) is 21.9 Å². The molecule has 15 heavy (non-hydrogen) atoms. The lowest BCUT2D eigenvalue weighted by Crippen LogP contribution is -1.97. The second-order valence-electron chi connectivity index (χ2n) is 3.21. The summed E-state index contributed by atoms with van der Waals surface area (Å²) >= 11 is 3.27. The Balaban J connectivity index is 2.37. The molecule has 1 N–H and O–H groups in total. The van der Waals surface area contributed by atoms with E-state index in [4.69, 9.17) is 14.6 Å². The van der Waals surface area contributed by atoms with Crippen molar-refractivity contribution in [3.8, 4) is 11.5 Å². The monoisotopic (exact) mass is 276 g/mol. The van der Waals surface area contributed by atoms with Gasteiger partial charge in [-0.25, -0.2) is 4.39 Å². The summed E-state index contributed by atoms with van der Waals surface area (Å²) in [6.45, 7) is 0.0997. The molecule has 0 amide bonds. The van der Waals surface area contributed by atoms with Crippen LogP contribution in [0.2, 0.25) is 0 Å². The fourth-order valence-corrected chi connectivity index (χ4v) is 2.08. The van der Waals surface area contributed by atoms with Crippen LogP contribution in [0.1, 0.15) is 12.0 Å². The van der Waals surface area contributed by atoms with Gasteiger partial charge in [-0.1, -0.05) is 15.9 Å². The smallest absolute Gasteiger partial charge is 0.231 e. The van der Waals surface area contributed by atoms with E-state index in [1.165, 1.54) is 0 Å². The van der Waals surface area contributed by atoms with E-state index < -0.39 is 5.82 Å². The molecule has 0 spiro atoms. The summed E-state index contributed by atoms with van der Waals surface area (Å²) < 4.78 is 24.6. The normalized spacial score (nSPS) is 13.3. The van der Waals surface area contributed by atoms with Crippen molar-refractivity contribution in [2.75, 3.05) is 13.4 Å². The number of halogens is 2. The highest BCUT2D eigenvalue weighted by Gasteiger charge is 2.23. The summed E-state index contributed by atoms with van der Waals surface area (Å²) in [6.07, 6.45) is 0.995. The first-order chi connectivity index (χ1) is 7.24. The van der Waals surface area contributed by atoms with Crippen LogP contribution in [0, 0.1) is 5.82 Å². The van der Waals surface area contributed by atoms with Crippen LogP contribution in [0.25, 0.3) is 0 Å². The van der Waals surface area contributed by atoms with Gasteiger partial charge in [0.05, 0.1) is 0 Å². The minimum absolute atomic E-state index is 0.0420. The lowest BCUT2D eigenvalue weighted by Gasteiger charge is -2.07. The quantitative estimate of drug-likeness (QED) is 0.920. The highest BCUT2D eigenvalue weighted by Crippen LogP contribution is 2.40. The second kappa shape index (κ2) is 4.37. The van der Waals surface area contributed by atoms with Crippen molar-refractivity contribution in [1.29, 1.82) is 0 Å². The highest BCUT2D eigenvalue weighted by molar-refractivity contribution is 9.10. The molecular formula is C10H10BrFO3. The predicted molar refractivity (Wildman–Crippen MR) is 55.6 cm³/mol. The van der Waals surface area contributed by atoms with Crippen molar-refractivity contribution in [2.45, 2.75) is 12.8 Å². The molecule has 0 saturated carbocycles. The average Bonchev–Trinajstić information content (AvgIpc) is 2.65. The van der Waals surface area contributed by atoms with Gasteiger partial charge in [-0.15, -0.1) is 0 Å². The van der Waals surface area contributed by atoms with Gasteiger partial charge < -0.3 is 14.6 Å². The third-order valence-electron chi connectivity index (χ3n) is 2.24. The van der Waals surface area contributed by atoms with Crippen LogP contribution in [0.4, 0.5) is 4.39 Å². The molecular weight excluding hydrogens is 267 g/mol. The summed E-state index contributed by atoms with van der Waals surface area (Å²) in [6, 6.07) is 1.69. The topological polar surface area (TPSA) is 38.7 Å². The minimum atomic E-state index is -0.398. The molecule has 82 valence electrons. The molecule has 0 saturated heterocycles. The Morgan fingerprint density at radius 1 is 1.47 bits per heavy atom. The molecule has 0 aromatic heterocycles. The number of ether oxygens (including phenoxy) is 2. The van der Waals surface area contributed by atoms with E-state index >= 15 is 0 Å². The van der Waals surface area contributed by atoms with Crippen LogP contribution in [0.5, 0.6) is 11.5 Å². The maximum atomic E-state index is 13.8. The van der Waals surface area contributed by atoms with Crippen molar-refractivity contribution in [2.24, 2.45) is 0 Å². The molecule has 3 nitrogen and oxygen atoms in total. The second-order valence-corrected chi connectivity index (χ2v) is 4.07. The third-order valence-corrected chi connectivity index (χ3v) is 2.94. The van der Waals surface area contributed by atoms with E-state index in [0.29, 0.717) is 28.6 Å². The summed E-state index contributed by atoms with van der Waals surface area (Å²) in [5, 5.41) is 8.71. The van der Waals surface area contributed by atoms with E-state index in [9.17, 15) is 4.39 Å². The van der Waals surface area contributed by atoms with Gasteiger partial charge in [0.25, 0.3) is 0 Å². The molecule has 1 aliphatic rings. The van der Waals surface area contributed by atoms with Gasteiger partial charge in [-0.3, -0.25) is 0 Å². The molecule has 0 fully saturated rings. The standard InChI is InChI=1S/C10H10BrFO3/c11-7-4-8-10(15-5-14-8)9(12)6(7)2-1-3-13/h4,13H,1-3,5H2. The van der Waals surface area contributed by atoms with E-state index in [1.54, 1.807) is 6.07 Å². The number of aliphatic hydroxyl groups excluding tert-OH is 1. The molecule has 1 aliphatic heterocycles.